The van der Waals surface area contributed by atoms with E-state index in [1.54, 1.807) is 36.8 Å². The number of hydrogen-bond acceptors (Lipinski definition) is 3. The summed E-state index contributed by atoms with van der Waals surface area (Å²) in [5, 5.41) is 12.4. The SMILES string of the molecule is CC(C)(C)[C@H](Cn1ccnc1)NC(=O)Cc1ccc(O)cc1. The highest BCUT2D eigenvalue weighted by Crippen LogP contribution is 2.21. The number of aromatic hydroxyl groups is 1. The molecule has 0 saturated heterocycles. The number of amides is 1. The maximum absolute atomic E-state index is 12.3. The molecule has 118 valence electrons. The summed E-state index contributed by atoms with van der Waals surface area (Å²) in [5.41, 5.74) is 0.820. The third kappa shape index (κ3) is 4.62. The van der Waals surface area contributed by atoms with Gasteiger partial charge in [0.1, 0.15) is 5.75 Å². The molecule has 2 rings (SSSR count). The summed E-state index contributed by atoms with van der Waals surface area (Å²) in [6, 6.07) is 6.71. The Morgan fingerprint density at radius 2 is 2.00 bits per heavy atom. The van der Waals surface area contributed by atoms with E-state index in [1.165, 1.54) is 0 Å². The second-order valence-electron chi connectivity index (χ2n) is 6.59. The zero-order valence-electron chi connectivity index (χ0n) is 13.3. The average Bonchev–Trinajstić information content (AvgIpc) is 2.92. The molecule has 1 aromatic heterocycles. The molecule has 0 spiro atoms. The van der Waals surface area contributed by atoms with Crippen molar-refractivity contribution < 1.29 is 9.90 Å². The molecular formula is C17H23N3O2. The normalized spacial score (nSPS) is 12.9. The van der Waals surface area contributed by atoms with E-state index in [9.17, 15) is 9.90 Å². The molecule has 5 heteroatoms. The van der Waals surface area contributed by atoms with Crippen molar-refractivity contribution in [3.05, 3.63) is 48.5 Å². The predicted molar refractivity (Wildman–Crippen MR) is 85.4 cm³/mol. The number of phenols is 1. The molecule has 0 aliphatic heterocycles. The van der Waals surface area contributed by atoms with Crippen LogP contribution >= 0.6 is 0 Å². The van der Waals surface area contributed by atoms with Gasteiger partial charge in [-0.25, -0.2) is 4.98 Å². The van der Waals surface area contributed by atoms with Crippen LogP contribution in [0.25, 0.3) is 0 Å². The molecule has 2 aromatic rings. The lowest BCUT2D eigenvalue weighted by Gasteiger charge is -2.31. The van der Waals surface area contributed by atoms with Gasteiger partial charge in [-0.15, -0.1) is 0 Å². The minimum absolute atomic E-state index is 0.00585. The van der Waals surface area contributed by atoms with Gasteiger partial charge in [-0.3, -0.25) is 4.79 Å². The molecule has 22 heavy (non-hydrogen) atoms. The summed E-state index contributed by atoms with van der Waals surface area (Å²) in [5.74, 6) is 0.183. The predicted octanol–water partition coefficient (Wildman–Crippen LogP) is 2.36. The zero-order valence-corrected chi connectivity index (χ0v) is 13.3. The van der Waals surface area contributed by atoms with E-state index in [4.69, 9.17) is 0 Å². The van der Waals surface area contributed by atoms with Crippen LogP contribution in [0.4, 0.5) is 0 Å². The number of nitrogens with zero attached hydrogens (tertiary/aromatic N) is 2. The van der Waals surface area contributed by atoms with Crippen molar-refractivity contribution in [1.82, 2.24) is 14.9 Å². The molecule has 0 fully saturated rings. The molecule has 0 bridgehead atoms. The van der Waals surface area contributed by atoms with E-state index >= 15 is 0 Å². The molecule has 1 heterocycles. The van der Waals surface area contributed by atoms with Crippen molar-refractivity contribution in [2.45, 2.75) is 39.8 Å². The first kappa shape index (κ1) is 16.1. The van der Waals surface area contributed by atoms with Gasteiger partial charge in [-0.1, -0.05) is 32.9 Å². The van der Waals surface area contributed by atoms with Gasteiger partial charge in [-0.2, -0.15) is 0 Å². The van der Waals surface area contributed by atoms with E-state index in [-0.39, 0.29) is 23.1 Å². The number of rotatable bonds is 5. The minimum atomic E-state index is -0.0606. The first-order valence-corrected chi connectivity index (χ1v) is 7.37. The second-order valence-corrected chi connectivity index (χ2v) is 6.59. The third-order valence-corrected chi connectivity index (χ3v) is 3.63. The topological polar surface area (TPSA) is 67.2 Å². The number of aromatic nitrogens is 2. The van der Waals surface area contributed by atoms with E-state index in [0.717, 1.165) is 5.56 Å². The van der Waals surface area contributed by atoms with Crippen LogP contribution in [0.5, 0.6) is 5.75 Å². The van der Waals surface area contributed by atoms with Crippen LogP contribution in [-0.2, 0) is 17.8 Å². The quantitative estimate of drug-likeness (QED) is 0.891. The molecular weight excluding hydrogens is 278 g/mol. The van der Waals surface area contributed by atoms with Crippen LogP contribution < -0.4 is 5.32 Å². The van der Waals surface area contributed by atoms with Gasteiger partial charge < -0.3 is 15.0 Å². The number of carbonyl (C=O) groups excluding carboxylic acids is 1. The fourth-order valence-corrected chi connectivity index (χ4v) is 2.19. The molecule has 0 aliphatic carbocycles. The van der Waals surface area contributed by atoms with Crippen LogP contribution in [0.1, 0.15) is 26.3 Å². The Bertz CT molecular complexity index is 598. The molecule has 1 aromatic carbocycles. The molecule has 0 aliphatic rings. The first-order chi connectivity index (χ1) is 10.3. The largest absolute Gasteiger partial charge is 0.508 e. The molecule has 5 nitrogen and oxygen atoms in total. The Hall–Kier alpha value is -2.30. The molecule has 0 unspecified atom stereocenters. The Balaban J connectivity index is 2.00. The lowest BCUT2D eigenvalue weighted by molar-refractivity contribution is -0.122. The fraction of sp³-hybridized carbons (Fsp3) is 0.412. The Kier molecular flexibility index (Phi) is 4.85. The smallest absolute Gasteiger partial charge is 0.224 e. The van der Waals surface area contributed by atoms with E-state index in [1.807, 2.05) is 10.8 Å². The molecule has 1 atom stereocenters. The van der Waals surface area contributed by atoms with Crippen molar-refractivity contribution in [2.24, 2.45) is 5.41 Å². The van der Waals surface area contributed by atoms with Gasteiger partial charge in [0, 0.05) is 18.9 Å². The highest BCUT2D eigenvalue weighted by atomic mass is 16.3. The van der Waals surface area contributed by atoms with Gasteiger partial charge in [0.05, 0.1) is 18.8 Å². The van der Waals surface area contributed by atoms with Crippen molar-refractivity contribution in [2.75, 3.05) is 0 Å². The summed E-state index contributed by atoms with van der Waals surface area (Å²) >= 11 is 0. The summed E-state index contributed by atoms with van der Waals surface area (Å²) in [4.78, 5) is 16.3. The molecule has 2 N–H and O–H groups in total. The zero-order chi connectivity index (χ0) is 16.2. The van der Waals surface area contributed by atoms with E-state index < -0.39 is 0 Å². The second kappa shape index (κ2) is 6.64. The lowest BCUT2D eigenvalue weighted by Crippen LogP contribution is -2.46. The molecule has 1 amide bonds. The van der Waals surface area contributed by atoms with Gasteiger partial charge in [0.15, 0.2) is 0 Å². The van der Waals surface area contributed by atoms with Gasteiger partial charge >= 0.3 is 0 Å². The Morgan fingerprint density at radius 3 is 2.55 bits per heavy atom. The lowest BCUT2D eigenvalue weighted by atomic mass is 9.86. The van der Waals surface area contributed by atoms with Gasteiger partial charge in [0.2, 0.25) is 5.91 Å². The summed E-state index contributed by atoms with van der Waals surface area (Å²) < 4.78 is 1.97. The van der Waals surface area contributed by atoms with Crippen molar-refractivity contribution >= 4 is 5.91 Å². The summed E-state index contributed by atoms with van der Waals surface area (Å²) in [6.07, 6.45) is 5.69. The highest BCUT2D eigenvalue weighted by molar-refractivity contribution is 5.79. The third-order valence-electron chi connectivity index (χ3n) is 3.63. The number of benzene rings is 1. The maximum atomic E-state index is 12.3. The van der Waals surface area contributed by atoms with Crippen molar-refractivity contribution in [3.63, 3.8) is 0 Å². The van der Waals surface area contributed by atoms with Crippen LogP contribution in [0.3, 0.4) is 0 Å². The van der Waals surface area contributed by atoms with Crippen LogP contribution in [0.15, 0.2) is 43.0 Å². The van der Waals surface area contributed by atoms with Crippen molar-refractivity contribution in [1.29, 1.82) is 0 Å². The average molecular weight is 301 g/mol. The van der Waals surface area contributed by atoms with E-state index in [2.05, 4.69) is 31.1 Å². The maximum Gasteiger partial charge on any atom is 0.224 e. The number of nitrogens with one attached hydrogen (secondary N) is 1. The van der Waals surface area contributed by atoms with Gasteiger partial charge in [-0.05, 0) is 23.1 Å². The van der Waals surface area contributed by atoms with Crippen LogP contribution in [0, 0.1) is 5.41 Å². The number of carbonyl (C=O) groups is 1. The van der Waals surface area contributed by atoms with E-state index in [0.29, 0.717) is 13.0 Å². The van der Waals surface area contributed by atoms with Crippen molar-refractivity contribution in [3.8, 4) is 5.75 Å². The molecule has 0 saturated carbocycles. The number of imidazole rings is 1. The van der Waals surface area contributed by atoms with Crippen LogP contribution in [-0.4, -0.2) is 26.6 Å². The molecule has 0 radical (unpaired) electrons. The van der Waals surface area contributed by atoms with Gasteiger partial charge in [0.25, 0.3) is 0 Å². The highest BCUT2D eigenvalue weighted by Gasteiger charge is 2.26. The summed E-state index contributed by atoms with van der Waals surface area (Å²) in [7, 11) is 0. The number of hydrogen-bond donors (Lipinski definition) is 2. The summed E-state index contributed by atoms with van der Waals surface area (Å²) in [6.45, 7) is 7.01. The Labute approximate surface area is 131 Å². The minimum Gasteiger partial charge on any atom is -0.508 e. The number of phenolic OH excluding ortho intramolecular Hbond substituents is 1. The van der Waals surface area contributed by atoms with Crippen LogP contribution in [0.2, 0.25) is 0 Å². The standard InChI is InChI=1S/C17H23N3O2/c1-17(2,3)15(11-20-9-8-18-12-20)19-16(22)10-13-4-6-14(21)7-5-13/h4-9,12,15,21H,10-11H2,1-3H3,(H,19,22)/t15-/m0/s1. The fourth-order valence-electron chi connectivity index (χ4n) is 2.19. The Morgan fingerprint density at radius 1 is 1.32 bits per heavy atom. The first-order valence-electron chi connectivity index (χ1n) is 7.37. The monoisotopic (exact) mass is 301 g/mol.